The van der Waals surface area contributed by atoms with Crippen LogP contribution >= 0.6 is 11.3 Å². The van der Waals surface area contributed by atoms with E-state index in [1.807, 2.05) is 31.2 Å². The van der Waals surface area contributed by atoms with E-state index in [0.29, 0.717) is 18.0 Å². The number of nitrogens with one attached hydrogen (secondary N) is 1. The van der Waals surface area contributed by atoms with Crippen LogP contribution in [0.4, 0.5) is 16.5 Å². The van der Waals surface area contributed by atoms with Gasteiger partial charge in [-0.15, -0.1) is 10.2 Å². The van der Waals surface area contributed by atoms with Gasteiger partial charge in [0.05, 0.1) is 4.92 Å². The lowest BCUT2D eigenvalue weighted by molar-refractivity contribution is -0.384. The summed E-state index contributed by atoms with van der Waals surface area (Å²) < 4.78 is 0. The number of aromatic nitrogens is 2. The van der Waals surface area contributed by atoms with Crippen LogP contribution in [-0.4, -0.2) is 33.5 Å². The average Bonchev–Trinajstić information content (AvgIpc) is 3.34. The molecule has 1 aliphatic rings. The van der Waals surface area contributed by atoms with E-state index in [-0.39, 0.29) is 28.2 Å². The van der Waals surface area contributed by atoms with Crippen molar-refractivity contribution in [2.75, 3.05) is 16.8 Å². The van der Waals surface area contributed by atoms with E-state index in [0.717, 1.165) is 11.3 Å². The second-order valence-corrected chi connectivity index (χ2v) is 7.96. The molecule has 4 rings (SSSR count). The number of aryl methyl sites for hydroxylation is 1. The fraction of sp³-hybridized carbons (Fsp3) is 0.200. The van der Waals surface area contributed by atoms with Crippen molar-refractivity contribution in [3.8, 4) is 0 Å². The van der Waals surface area contributed by atoms with Crippen LogP contribution in [0.15, 0.2) is 48.5 Å². The Morgan fingerprint density at radius 1 is 1.23 bits per heavy atom. The number of non-ortho nitro benzene ring substituents is 1. The zero-order valence-corrected chi connectivity index (χ0v) is 16.8. The second-order valence-electron chi connectivity index (χ2n) is 6.95. The van der Waals surface area contributed by atoms with Crippen LogP contribution < -0.4 is 10.2 Å². The summed E-state index contributed by atoms with van der Waals surface area (Å²) in [5, 5.41) is 22.6. The van der Waals surface area contributed by atoms with E-state index in [2.05, 4.69) is 15.5 Å². The zero-order chi connectivity index (χ0) is 21.3. The summed E-state index contributed by atoms with van der Waals surface area (Å²) in [5.74, 6) is -0.604. The number of nitro groups is 1. The van der Waals surface area contributed by atoms with Gasteiger partial charge >= 0.3 is 0 Å². The third kappa shape index (κ3) is 4.03. The molecule has 0 radical (unpaired) electrons. The van der Waals surface area contributed by atoms with Gasteiger partial charge in [-0.05, 0) is 30.7 Å². The first-order chi connectivity index (χ1) is 14.4. The van der Waals surface area contributed by atoms with Crippen LogP contribution in [0, 0.1) is 17.0 Å². The molecule has 1 saturated heterocycles. The predicted octanol–water partition coefficient (Wildman–Crippen LogP) is 3.53. The Hall–Kier alpha value is -3.66. The third-order valence-corrected chi connectivity index (χ3v) is 5.77. The highest BCUT2D eigenvalue weighted by Crippen LogP contribution is 2.34. The normalized spacial score (nSPS) is 16.0. The van der Waals surface area contributed by atoms with E-state index in [4.69, 9.17) is 0 Å². The van der Waals surface area contributed by atoms with E-state index in [9.17, 15) is 19.7 Å². The van der Waals surface area contributed by atoms with E-state index in [1.165, 1.54) is 35.6 Å². The number of anilines is 2. The molecule has 1 atom stereocenters. The van der Waals surface area contributed by atoms with Gasteiger partial charge in [-0.1, -0.05) is 29.5 Å². The fourth-order valence-electron chi connectivity index (χ4n) is 3.30. The maximum atomic E-state index is 12.5. The van der Waals surface area contributed by atoms with Crippen LogP contribution in [0.25, 0.3) is 0 Å². The molecular weight excluding hydrogens is 406 g/mol. The number of hydrogen-bond acceptors (Lipinski definition) is 7. The Balaban J connectivity index is 1.45. The number of rotatable bonds is 5. The average molecular weight is 423 g/mol. The Bertz CT molecular complexity index is 1150. The fourth-order valence-corrected chi connectivity index (χ4v) is 4.13. The molecule has 0 spiro atoms. The SMILES string of the molecule is Cc1cccc(N2CC(c3nnc(NC(=O)c4cccc([N+](=O)[O-])c4)s3)CC2=O)c1. The Morgan fingerprint density at radius 3 is 2.80 bits per heavy atom. The quantitative estimate of drug-likeness (QED) is 0.495. The standard InChI is InChI=1S/C20H17N5O4S/c1-12-4-2-6-15(8-12)24-11-14(10-17(24)26)19-22-23-20(30-19)21-18(27)13-5-3-7-16(9-13)25(28)29/h2-9,14H,10-11H2,1H3,(H,21,23,27). The van der Waals surface area contributed by atoms with Gasteiger partial charge in [0.25, 0.3) is 11.6 Å². The summed E-state index contributed by atoms with van der Waals surface area (Å²) >= 11 is 1.20. The Kier molecular flexibility index (Phi) is 5.23. The van der Waals surface area contributed by atoms with Crippen molar-refractivity contribution in [1.82, 2.24) is 10.2 Å². The van der Waals surface area contributed by atoms with Crippen LogP contribution in [0.1, 0.15) is 33.3 Å². The number of carbonyl (C=O) groups is 2. The number of hydrogen-bond donors (Lipinski definition) is 1. The summed E-state index contributed by atoms with van der Waals surface area (Å²) in [4.78, 5) is 36.9. The predicted molar refractivity (Wildman–Crippen MR) is 112 cm³/mol. The molecule has 3 aromatic rings. The summed E-state index contributed by atoms with van der Waals surface area (Å²) in [6, 6.07) is 13.2. The smallest absolute Gasteiger partial charge is 0.270 e. The highest BCUT2D eigenvalue weighted by molar-refractivity contribution is 7.15. The molecule has 1 aliphatic heterocycles. The van der Waals surface area contributed by atoms with E-state index in [1.54, 1.807) is 4.90 Å². The van der Waals surface area contributed by atoms with Crippen LogP contribution in [0.5, 0.6) is 0 Å². The lowest BCUT2D eigenvalue weighted by atomic mass is 10.1. The molecule has 9 nitrogen and oxygen atoms in total. The van der Waals surface area contributed by atoms with Crippen molar-refractivity contribution in [1.29, 1.82) is 0 Å². The maximum absolute atomic E-state index is 12.5. The molecule has 152 valence electrons. The second kappa shape index (κ2) is 7.99. The molecule has 1 fully saturated rings. The Labute approximate surface area is 175 Å². The third-order valence-electron chi connectivity index (χ3n) is 4.77. The lowest BCUT2D eigenvalue weighted by Gasteiger charge is -2.16. The molecule has 1 aromatic heterocycles. The van der Waals surface area contributed by atoms with Gasteiger partial charge in [-0.2, -0.15) is 0 Å². The van der Waals surface area contributed by atoms with Crippen LogP contribution in [0.3, 0.4) is 0 Å². The first-order valence-corrected chi connectivity index (χ1v) is 9.98. The van der Waals surface area contributed by atoms with Crippen molar-refractivity contribution in [2.24, 2.45) is 0 Å². The summed E-state index contributed by atoms with van der Waals surface area (Å²) in [6.07, 6.45) is 0.321. The number of benzene rings is 2. The van der Waals surface area contributed by atoms with Gasteiger partial charge in [-0.3, -0.25) is 25.0 Å². The van der Waals surface area contributed by atoms with Gasteiger partial charge in [0.2, 0.25) is 11.0 Å². The molecule has 1 unspecified atom stereocenters. The molecule has 0 bridgehead atoms. The highest BCUT2D eigenvalue weighted by atomic mass is 32.1. The van der Waals surface area contributed by atoms with Gasteiger partial charge in [-0.25, -0.2) is 0 Å². The van der Waals surface area contributed by atoms with Crippen molar-refractivity contribution in [3.05, 3.63) is 74.8 Å². The summed E-state index contributed by atoms with van der Waals surface area (Å²) in [6.45, 7) is 2.47. The first-order valence-electron chi connectivity index (χ1n) is 9.17. The summed E-state index contributed by atoms with van der Waals surface area (Å²) in [5.41, 5.74) is 1.92. The van der Waals surface area contributed by atoms with Crippen molar-refractivity contribution in [2.45, 2.75) is 19.3 Å². The van der Waals surface area contributed by atoms with Crippen LogP contribution in [0.2, 0.25) is 0 Å². The minimum Gasteiger partial charge on any atom is -0.312 e. The Morgan fingerprint density at radius 2 is 2.03 bits per heavy atom. The van der Waals surface area contributed by atoms with E-state index >= 15 is 0 Å². The number of carbonyl (C=O) groups excluding carboxylic acids is 2. The lowest BCUT2D eigenvalue weighted by Crippen LogP contribution is -2.24. The highest BCUT2D eigenvalue weighted by Gasteiger charge is 2.34. The van der Waals surface area contributed by atoms with Crippen molar-refractivity contribution in [3.63, 3.8) is 0 Å². The van der Waals surface area contributed by atoms with Crippen molar-refractivity contribution < 1.29 is 14.5 Å². The number of amides is 2. The molecule has 2 aromatic carbocycles. The molecule has 2 heterocycles. The molecule has 2 amide bonds. The molecule has 1 N–H and O–H groups in total. The number of nitrogens with zero attached hydrogens (tertiary/aromatic N) is 4. The number of nitro benzene ring substituents is 1. The van der Waals surface area contributed by atoms with Gasteiger partial charge < -0.3 is 4.90 Å². The maximum Gasteiger partial charge on any atom is 0.270 e. The van der Waals surface area contributed by atoms with Gasteiger partial charge in [0.1, 0.15) is 5.01 Å². The van der Waals surface area contributed by atoms with Gasteiger partial charge in [0, 0.05) is 42.3 Å². The van der Waals surface area contributed by atoms with E-state index < -0.39 is 10.8 Å². The molecule has 0 saturated carbocycles. The molecular formula is C20H17N5O4S. The minimum atomic E-state index is -0.559. The van der Waals surface area contributed by atoms with Crippen LogP contribution in [-0.2, 0) is 4.79 Å². The summed E-state index contributed by atoms with van der Waals surface area (Å²) in [7, 11) is 0. The first kappa shape index (κ1) is 19.6. The zero-order valence-electron chi connectivity index (χ0n) is 15.9. The molecule has 0 aliphatic carbocycles. The van der Waals surface area contributed by atoms with Gasteiger partial charge in [0.15, 0.2) is 0 Å². The topological polar surface area (TPSA) is 118 Å². The molecule has 30 heavy (non-hydrogen) atoms. The molecule has 10 heteroatoms. The largest absolute Gasteiger partial charge is 0.312 e. The van der Waals surface area contributed by atoms with Crippen molar-refractivity contribution >= 4 is 39.7 Å². The monoisotopic (exact) mass is 423 g/mol. The minimum absolute atomic E-state index is 0.0166.